The third-order valence-corrected chi connectivity index (χ3v) is 6.10. The van der Waals surface area contributed by atoms with Crippen molar-refractivity contribution < 1.29 is 23.6 Å². The molecule has 3 aromatic carbocycles. The fraction of sp³-hybridized carbons (Fsp3) is 0.111. The van der Waals surface area contributed by atoms with Crippen molar-refractivity contribution in [1.29, 1.82) is 0 Å². The molecule has 2 heterocycles. The van der Waals surface area contributed by atoms with Crippen LogP contribution in [0.15, 0.2) is 85.5 Å². The Morgan fingerprint density at radius 1 is 1.18 bits per heavy atom. The summed E-state index contributed by atoms with van der Waals surface area (Å²) in [5.74, 6) is -0.280. The molecule has 39 heavy (non-hydrogen) atoms. The second-order valence-corrected chi connectivity index (χ2v) is 9.10. The van der Waals surface area contributed by atoms with E-state index in [-0.39, 0.29) is 23.9 Å². The van der Waals surface area contributed by atoms with Crippen LogP contribution >= 0.6 is 15.9 Å². The highest BCUT2D eigenvalue weighted by Gasteiger charge is 2.19. The summed E-state index contributed by atoms with van der Waals surface area (Å²) in [4.78, 5) is 40.7. The van der Waals surface area contributed by atoms with Crippen LogP contribution in [0.4, 0.5) is 5.69 Å². The van der Waals surface area contributed by atoms with Crippen molar-refractivity contribution in [3.8, 4) is 17.3 Å². The van der Waals surface area contributed by atoms with Gasteiger partial charge in [-0.1, -0.05) is 28.1 Å². The van der Waals surface area contributed by atoms with Crippen molar-refractivity contribution >= 4 is 55.7 Å². The molecule has 0 aliphatic rings. The van der Waals surface area contributed by atoms with E-state index in [0.717, 1.165) is 14.5 Å². The third kappa shape index (κ3) is 5.41. The van der Waals surface area contributed by atoms with Gasteiger partial charge in [0.1, 0.15) is 5.58 Å². The van der Waals surface area contributed by atoms with Gasteiger partial charge < -0.3 is 13.9 Å². The van der Waals surface area contributed by atoms with Gasteiger partial charge >= 0.3 is 11.7 Å². The largest absolute Gasteiger partial charge is 0.475 e. The van der Waals surface area contributed by atoms with E-state index in [9.17, 15) is 19.7 Å². The topological polar surface area (TPSA) is 139 Å². The molecule has 0 amide bonds. The van der Waals surface area contributed by atoms with E-state index in [1.54, 1.807) is 43.3 Å². The number of nitro groups is 1. The van der Waals surface area contributed by atoms with Gasteiger partial charge in [0, 0.05) is 21.5 Å². The van der Waals surface area contributed by atoms with E-state index in [1.807, 2.05) is 12.1 Å². The van der Waals surface area contributed by atoms with Crippen LogP contribution in [-0.4, -0.2) is 40.0 Å². The SMILES string of the molecule is CCOC(=O)COc1ccc(C=Nn2c(-c3cc4cc(Br)ccc4o3)nc3ccccc3c2=O)cc1[N+](=O)[O-]. The van der Waals surface area contributed by atoms with E-state index in [0.29, 0.717) is 27.8 Å². The minimum atomic E-state index is -0.647. The van der Waals surface area contributed by atoms with Gasteiger partial charge in [0.2, 0.25) is 5.82 Å². The summed E-state index contributed by atoms with van der Waals surface area (Å²) in [7, 11) is 0. The maximum atomic E-state index is 13.4. The first-order valence-electron chi connectivity index (χ1n) is 11.7. The van der Waals surface area contributed by atoms with Gasteiger partial charge in [-0.2, -0.15) is 9.78 Å². The number of ether oxygens (including phenoxy) is 2. The van der Waals surface area contributed by atoms with Crippen LogP contribution in [-0.2, 0) is 9.53 Å². The van der Waals surface area contributed by atoms with Gasteiger partial charge in [0.05, 0.1) is 28.6 Å². The van der Waals surface area contributed by atoms with Crippen molar-refractivity contribution in [2.45, 2.75) is 6.92 Å². The van der Waals surface area contributed by atoms with Crippen molar-refractivity contribution in [2.24, 2.45) is 5.10 Å². The molecular weight excluding hydrogens is 572 g/mol. The van der Waals surface area contributed by atoms with E-state index >= 15 is 0 Å². The quantitative estimate of drug-likeness (QED) is 0.103. The van der Waals surface area contributed by atoms with E-state index in [1.165, 1.54) is 24.4 Å². The third-order valence-electron chi connectivity index (χ3n) is 5.61. The van der Waals surface area contributed by atoms with Crippen molar-refractivity contribution in [3.63, 3.8) is 0 Å². The van der Waals surface area contributed by atoms with Gasteiger partial charge in [-0.3, -0.25) is 14.9 Å². The Morgan fingerprint density at radius 2 is 2.00 bits per heavy atom. The maximum Gasteiger partial charge on any atom is 0.344 e. The average Bonchev–Trinajstić information content (AvgIpc) is 3.34. The average molecular weight is 591 g/mol. The Kier molecular flexibility index (Phi) is 7.19. The number of aromatic nitrogens is 2. The minimum absolute atomic E-state index is 0.108. The van der Waals surface area contributed by atoms with E-state index in [4.69, 9.17) is 13.9 Å². The van der Waals surface area contributed by atoms with Gasteiger partial charge in [0.15, 0.2) is 18.1 Å². The van der Waals surface area contributed by atoms with Crippen molar-refractivity contribution in [1.82, 2.24) is 9.66 Å². The molecule has 2 aromatic heterocycles. The van der Waals surface area contributed by atoms with E-state index < -0.39 is 23.1 Å². The van der Waals surface area contributed by atoms with Crippen LogP contribution in [0.2, 0.25) is 0 Å². The standard InChI is InChI=1S/C27H19BrN4O7/c1-2-37-25(33)15-38-23-9-7-16(11-21(23)32(35)36)14-29-31-26(30-20-6-4-3-5-19(20)27(31)34)24-13-17-12-18(28)8-10-22(17)39-24/h3-14H,2,15H2,1H3. The first-order valence-corrected chi connectivity index (χ1v) is 12.5. The highest BCUT2D eigenvalue weighted by molar-refractivity contribution is 9.10. The summed E-state index contributed by atoms with van der Waals surface area (Å²) in [5, 5.41) is 17.1. The molecule has 0 saturated carbocycles. The zero-order valence-corrected chi connectivity index (χ0v) is 22.0. The number of benzene rings is 3. The number of para-hydroxylation sites is 1. The summed E-state index contributed by atoms with van der Waals surface area (Å²) in [6.45, 7) is 1.33. The number of carbonyl (C=O) groups is 1. The lowest BCUT2D eigenvalue weighted by molar-refractivity contribution is -0.385. The Hall–Kier alpha value is -4.84. The van der Waals surface area contributed by atoms with E-state index in [2.05, 4.69) is 26.0 Å². The number of fused-ring (bicyclic) bond motifs is 2. The Morgan fingerprint density at radius 3 is 2.79 bits per heavy atom. The van der Waals surface area contributed by atoms with Gasteiger partial charge in [-0.05, 0) is 55.5 Å². The summed E-state index contributed by atoms with van der Waals surface area (Å²) < 4.78 is 18.0. The minimum Gasteiger partial charge on any atom is -0.475 e. The van der Waals surface area contributed by atoms with Gasteiger partial charge in [-0.25, -0.2) is 9.78 Å². The predicted molar refractivity (Wildman–Crippen MR) is 147 cm³/mol. The highest BCUT2D eigenvalue weighted by atomic mass is 79.9. The number of furan rings is 1. The van der Waals surface area contributed by atoms with Crippen molar-refractivity contribution in [2.75, 3.05) is 13.2 Å². The molecule has 0 bridgehead atoms. The summed E-state index contributed by atoms with van der Waals surface area (Å²) in [5.41, 5.74) is 0.543. The first kappa shape index (κ1) is 25.8. The number of nitrogens with zero attached hydrogens (tertiary/aromatic N) is 4. The molecule has 0 saturated heterocycles. The second kappa shape index (κ2) is 10.9. The fourth-order valence-electron chi connectivity index (χ4n) is 3.86. The smallest absolute Gasteiger partial charge is 0.344 e. The van der Waals surface area contributed by atoms with Crippen LogP contribution in [0.5, 0.6) is 5.75 Å². The number of hydrogen-bond donors (Lipinski definition) is 0. The lowest BCUT2D eigenvalue weighted by Crippen LogP contribution is -2.20. The zero-order valence-electron chi connectivity index (χ0n) is 20.4. The number of nitro benzene ring substituents is 1. The molecule has 11 nitrogen and oxygen atoms in total. The lowest BCUT2D eigenvalue weighted by atomic mass is 10.2. The molecule has 0 fully saturated rings. The number of rotatable bonds is 8. The fourth-order valence-corrected chi connectivity index (χ4v) is 4.24. The monoisotopic (exact) mass is 590 g/mol. The molecule has 0 unspecified atom stereocenters. The Labute approximate surface area is 228 Å². The first-order chi connectivity index (χ1) is 18.8. The molecule has 5 rings (SSSR count). The van der Waals surface area contributed by atoms with Crippen LogP contribution in [0.25, 0.3) is 33.5 Å². The molecule has 12 heteroatoms. The van der Waals surface area contributed by atoms with Crippen LogP contribution in [0.1, 0.15) is 12.5 Å². The normalized spacial score (nSPS) is 11.3. The van der Waals surface area contributed by atoms with Crippen molar-refractivity contribution in [3.05, 3.63) is 97.2 Å². The number of halogens is 1. The van der Waals surface area contributed by atoms with Crippen LogP contribution in [0, 0.1) is 10.1 Å². The molecule has 0 radical (unpaired) electrons. The van der Waals surface area contributed by atoms with Gasteiger partial charge in [0.25, 0.3) is 5.56 Å². The van der Waals surface area contributed by atoms with Gasteiger partial charge in [-0.15, -0.1) is 0 Å². The number of hydrogen-bond acceptors (Lipinski definition) is 9. The highest BCUT2D eigenvalue weighted by Crippen LogP contribution is 2.30. The molecular formula is C27H19BrN4O7. The van der Waals surface area contributed by atoms with Crippen LogP contribution in [0.3, 0.4) is 0 Å². The molecule has 0 atom stereocenters. The predicted octanol–water partition coefficient (Wildman–Crippen LogP) is 5.30. The summed E-state index contributed by atoms with van der Waals surface area (Å²) in [6.07, 6.45) is 1.29. The maximum absolute atomic E-state index is 13.4. The Bertz CT molecular complexity index is 1830. The Balaban J connectivity index is 1.57. The van der Waals surface area contributed by atoms with Crippen LogP contribution < -0.4 is 10.3 Å². The number of esters is 1. The molecule has 196 valence electrons. The second-order valence-electron chi connectivity index (χ2n) is 8.18. The number of carbonyl (C=O) groups excluding carboxylic acids is 1. The summed E-state index contributed by atoms with van der Waals surface area (Å²) in [6, 6.07) is 18.2. The molecule has 5 aromatic rings. The summed E-state index contributed by atoms with van der Waals surface area (Å²) >= 11 is 3.44. The zero-order chi connectivity index (χ0) is 27.5. The molecule has 0 N–H and O–H groups in total. The molecule has 0 spiro atoms. The molecule has 0 aliphatic carbocycles. The lowest BCUT2D eigenvalue weighted by Gasteiger charge is -2.08. The molecule has 0 aliphatic heterocycles.